The van der Waals surface area contributed by atoms with Crippen molar-refractivity contribution in [2.45, 2.75) is 32.9 Å². The van der Waals surface area contributed by atoms with Crippen LogP contribution in [-0.4, -0.2) is 29.0 Å². The fourth-order valence-electron chi connectivity index (χ4n) is 2.22. The van der Waals surface area contributed by atoms with Gasteiger partial charge in [-0.05, 0) is 43.0 Å². The second-order valence-electron chi connectivity index (χ2n) is 4.97. The molecule has 1 aromatic heterocycles. The molecule has 1 aliphatic heterocycles. The lowest BCUT2D eigenvalue weighted by Crippen LogP contribution is -2.47. The summed E-state index contributed by atoms with van der Waals surface area (Å²) in [5.41, 5.74) is 8.75. The molecule has 3 heteroatoms. The molecule has 0 bridgehead atoms. The number of nitrogens with zero attached hydrogens (tertiary/aromatic N) is 2. The maximum Gasteiger partial charge on any atom is 0.0315 e. The highest BCUT2D eigenvalue weighted by molar-refractivity contribution is 5.21. The van der Waals surface area contributed by atoms with Crippen LogP contribution in [0.1, 0.15) is 24.5 Å². The summed E-state index contributed by atoms with van der Waals surface area (Å²) in [6.45, 7) is 7.54. The van der Waals surface area contributed by atoms with Crippen LogP contribution >= 0.6 is 0 Å². The molecule has 0 saturated carbocycles. The average Bonchev–Trinajstić information content (AvgIpc) is 2.27. The zero-order valence-electron chi connectivity index (χ0n) is 10.2. The lowest BCUT2D eigenvalue weighted by molar-refractivity contribution is 0.162. The van der Waals surface area contributed by atoms with E-state index in [2.05, 4.69) is 29.8 Å². The molecule has 1 aromatic rings. The van der Waals surface area contributed by atoms with E-state index in [0.717, 1.165) is 19.6 Å². The van der Waals surface area contributed by atoms with E-state index >= 15 is 0 Å². The predicted octanol–water partition coefficient (Wildman–Crippen LogP) is 1.56. The van der Waals surface area contributed by atoms with Crippen LogP contribution in [0.2, 0.25) is 0 Å². The van der Waals surface area contributed by atoms with Crippen LogP contribution in [0.25, 0.3) is 0 Å². The van der Waals surface area contributed by atoms with Gasteiger partial charge < -0.3 is 5.73 Å². The first kappa shape index (κ1) is 11.6. The number of hydrogen-bond acceptors (Lipinski definition) is 3. The lowest BCUT2D eigenvalue weighted by Gasteiger charge is -2.35. The molecule has 2 rings (SSSR count). The van der Waals surface area contributed by atoms with Crippen molar-refractivity contribution in [3.8, 4) is 0 Å². The van der Waals surface area contributed by atoms with Gasteiger partial charge in [-0.25, -0.2) is 0 Å². The SMILES string of the molecule is Cc1ccncc1CN1CCC(C)C(N)C1. The molecule has 2 unspecified atom stereocenters. The van der Waals surface area contributed by atoms with Crippen molar-refractivity contribution in [2.75, 3.05) is 13.1 Å². The Kier molecular flexibility index (Phi) is 3.56. The first-order valence-corrected chi connectivity index (χ1v) is 6.04. The summed E-state index contributed by atoms with van der Waals surface area (Å²) in [6.07, 6.45) is 5.03. The van der Waals surface area contributed by atoms with Crippen molar-refractivity contribution in [3.63, 3.8) is 0 Å². The van der Waals surface area contributed by atoms with Gasteiger partial charge in [0.25, 0.3) is 0 Å². The number of aromatic nitrogens is 1. The van der Waals surface area contributed by atoms with Gasteiger partial charge in [0, 0.05) is 31.5 Å². The summed E-state index contributed by atoms with van der Waals surface area (Å²) in [5, 5.41) is 0. The second-order valence-corrected chi connectivity index (χ2v) is 4.97. The lowest BCUT2D eigenvalue weighted by atomic mass is 9.94. The molecule has 0 aromatic carbocycles. The molecule has 88 valence electrons. The van der Waals surface area contributed by atoms with Crippen LogP contribution in [0, 0.1) is 12.8 Å². The Morgan fingerprint density at radius 3 is 3.06 bits per heavy atom. The minimum atomic E-state index is 0.325. The highest BCUT2D eigenvalue weighted by Crippen LogP contribution is 2.18. The molecule has 0 spiro atoms. The Balaban J connectivity index is 1.98. The normalized spacial score (nSPS) is 26.9. The van der Waals surface area contributed by atoms with E-state index in [1.807, 2.05) is 12.4 Å². The smallest absolute Gasteiger partial charge is 0.0315 e. The predicted molar refractivity (Wildman–Crippen MR) is 66.0 cm³/mol. The first-order chi connectivity index (χ1) is 7.66. The monoisotopic (exact) mass is 219 g/mol. The van der Waals surface area contributed by atoms with Gasteiger partial charge in [-0.15, -0.1) is 0 Å². The van der Waals surface area contributed by atoms with Gasteiger partial charge in [-0.3, -0.25) is 9.88 Å². The highest BCUT2D eigenvalue weighted by atomic mass is 15.1. The summed E-state index contributed by atoms with van der Waals surface area (Å²) >= 11 is 0. The van der Waals surface area contributed by atoms with E-state index in [0.29, 0.717) is 12.0 Å². The molecule has 1 fully saturated rings. The largest absolute Gasteiger partial charge is 0.326 e. The number of pyridine rings is 1. The van der Waals surface area contributed by atoms with Crippen LogP contribution in [0.4, 0.5) is 0 Å². The Labute approximate surface area is 97.7 Å². The third kappa shape index (κ3) is 2.60. The van der Waals surface area contributed by atoms with Crippen molar-refractivity contribution in [2.24, 2.45) is 11.7 Å². The molecule has 1 saturated heterocycles. The molecule has 0 aliphatic carbocycles. The molecule has 16 heavy (non-hydrogen) atoms. The van der Waals surface area contributed by atoms with E-state index in [1.54, 1.807) is 0 Å². The Hall–Kier alpha value is -0.930. The fraction of sp³-hybridized carbons (Fsp3) is 0.615. The van der Waals surface area contributed by atoms with Crippen LogP contribution < -0.4 is 5.73 Å². The summed E-state index contributed by atoms with van der Waals surface area (Å²) in [5.74, 6) is 0.659. The maximum atomic E-state index is 6.10. The zero-order chi connectivity index (χ0) is 11.5. The summed E-state index contributed by atoms with van der Waals surface area (Å²) in [6, 6.07) is 2.40. The van der Waals surface area contributed by atoms with Gasteiger partial charge in [-0.2, -0.15) is 0 Å². The van der Waals surface area contributed by atoms with Gasteiger partial charge in [-0.1, -0.05) is 6.92 Å². The topological polar surface area (TPSA) is 42.2 Å². The van der Waals surface area contributed by atoms with Gasteiger partial charge >= 0.3 is 0 Å². The van der Waals surface area contributed by atoms with E-state index in [-0.39, 0.29) is 0 Å². The number of nitrogens with two attached hydrogens (primary N) is 1. The molecular weight excluding hydrogens is 198 g/mol. The maximum absolute atomic E-state index is 6.10. The quantitative estimate of drug-likeness (QED) is 0.820. The molecule has 2 atom stereocenters. The Morgan fingerprint density at radius 2 is 2.38 bits per heavy atom. The van der Waals surface area contributed by atoms with Gasteiger partial charge in [0.15, 0.2) is 0 Å². The van der Waals surface area contributed by atoms with Crippen LogP contribution in [0.5, 0.6) is 0 Å². The highest BCUT2D eigenvalue weighted by Gasteiger charge is 2.23. The minimum Gasteiger partial charge on any atom is -0.326 e. The van der Waals surface area contributed by atoms with Gasteiger partial charge in [0.2, 0.25) is 0 Å². The standard InChI is InChI=1S/C13H21N3/c1-10-3-5-15-7-12(10)8-16-6-4-11(2)13(14)9-16/h3,5,7,11,13H,4,6,8-9,14H2,1-2H3. The Morgan fingerprint density at radius 1 is 1.56 bits per heavy atom. The number of hydrogen-bond donors (Lipinski definition) is 1. The van der Waals surface area contributed by atoms with Gasteiger partial charge in [0.05, 0.1) is 0 Å². The van der Waals surface area contributed by atoms with E-state index < -0.39 is 0 Å². The first-order valence-electron chi connectivity index (χ1n) is 6.04. The summed E-state index contributed by atoms with van der Waals surface area (Å²) < 4.78 is 0. The third-order valence-electron chi connectivity index (χ3n) is 3.64. The van der Waals surface area contributed by atoms with Crippen LogP contribution in [0.3, 0.4) is 0 Å². The van der Waals surface area contributed by atoms with Crippen molar-refractivity contribution in [1.29, 1.82) is 0 Å². The fourth-order valence-corrected chi connectivity index (χ4v) is 2.22. The summed E-state index contributed by atoms with van der Waals surface area (Å²) in [4.78, 5) is 6.63. The molecule has 2 N–H and O–H groups in total. The molecule has 0 radical (unpaired) electrons. The number of rotatable bonds is 2. The zero-order valence-corrected chi connectivity index (χ0v) is 10.2. The Bertz CT molecular complexity index is 351. The molecule has 3 nitrogen and oxygen atoms in total. The number of likely N-dealkylation sites (tertiary alicyclic amines) is 1. The summed E-state index contributed by atoms with van der Waals surface area (Å²) in [7, 11) is 0. The molecular formula is C13H21N3. The van der Waals surface area contributed by atoms with Crippen molar-refractivity contribution in [3.05, 3.63) is 29.6 Å². The van der Waals surface area contributed by atoms with Crippen LogP contribution in [0.15, 0.2) is 18.5 Å². The van der Waals surface area contributed by atoms with Gasteiger partial charge in [0.1, 0.15) is 0 Å². The van der Waals surface area contributed by atoms with Crippen molar-refractivity contribution in [1.82, 2.24) is 9.88 Å². The number of piperidine rings is 1. The minimum absolute atomic E-state index is 0.325. The van der Waals surface area contributed by atoms with E-state index in [1.165, 1.54) is 17.5 Å². The molecule has 0 amide bonds. The van der Waals surface area contributed by atoms with Crippen LogP contribution in [-0.2, 0) is 6.54 Å². The van der Waals surface area contributed by atoms with Crippen molar-refractivity contribution < 1.29 is 0 Å². The number of aryl methyl sites for hydroxylation is 1. The van der Waals surface area contributed by atoms with Crippen molar-refractivity contribution >= 4 is 0 Å². The molecule has 2 heterocycles. The average molecular weight is 219 g/mol. The molecule has 1 aliphatic rings. The van der Waals surface area contributed by atoms with E-state index in [9.17, 15) is 0 Å². The second kappa shape index (κ2) is 4.93. The third-order valence-corrected chi connectivity index (χ3v) is 3.64. The van der Waals surface area contributed by atoms with E-state index in [4.69, 9.17) is 5.73 Å².